The number of ether oxygens (including phenoxy) is 1. The number of aromatic nitrogens is 2. The van der Waals surface area contributed by atoms with Crippen molar-refractivity contribution in [3.8, 4) is 17.0 Å². The van der Waals surface area contributed by atoms with Crippen molar-refractivity contribution in [1.82, 2.24) is 9.78 Å². The van der Waals surface area contributed by atoms with Crippen molar-refractivity contribution in [3.05, 3.63) is 35.5 Å². The molecule has 1 aromatic carbocycles. The van der Waals surface area contributed by atoms with E-state index in [1.807, 2.05) is 0 Å². The molecule has 0 unspecified atom stereocenters. The molecule has 0 aliphatic rings. The Hall–Kier alpha value is -2.37. The van der Waals surface area contributed by atoms with E-state index in [1.54, 1.807) is 25.2 Å². The van der Waals surface area contributed by atoms with Crippen LogP contribution in [0.2, 0.25) is 0 Å². The van der Waals surface area contributed by atoms with Gasteiger partial charge in [0.2, 0.25) is 0 Å². The number of carboxylic acid groups (broad SMARTS) is 1. The maximum absolute atomic E-state index is 13.1. The lowest BCUT2D eigenvalue weighted by Crippen LogP contribution is -2.00. The highest BCUT2D eigenvalue weighted by Gasteiger charge is 2.18. The molecule has 0 amide bonds. The second kappa shape index (κ2) is 5.09. The van der Waals surface area contributed by atoms with Gasteiger partial charge in [0.05, 0.1) is 12.8 Å². The topological polar surface area (TPSA) is 64.3 Å². The summed E-state index contributed by atoms with van der Waals surface area (Å²) in [4.78, 5) is 10.9. The molecule has 0 fully saturated rings. The molecule has 2 aromatic rings. The highest BCUT2D eigenvalue weighted by molar-refractivity contribution is 5.87. The van der Waals surface area contributed by atoms with E-state index in [1.165, 1.54) is 17.9 Å². The van der Waals surface area contributed by atoms with Gasteiger partial charge in [-0.2, -0.15) is 5.10 Å². The third kappa shape index (κ3) is 2.29. The van der Waals surface area contributed by atoms with Crippen LogP contribution in [-0.2, 0) is 13.7 Å². The van der Waals surface area contributed by atoms with E-state index in [0.29, 0.717) is 22.6 Å². The van der Waals surface area contributed by atoms with Gasteiger partial charge in [-0.15, -0.1) is 0 Å². The normalized spacial score (nSPS) is 10.5. The first-order valence-corrected chi connectivity index (χ1v) is 5.58. The van der Waals surface area contributed by atoms with Crippen molar-refractivity contribution in [2.75, 3.05) is 7.11 Å². The third-order valence-corrected chi connectivity index (χ3v) is 2.83. The molecule has 0 spiro atoms. The summed E-state index contributed by atoms with van der Waals surface area (Å²) in [5.41, 5.74) is 1.37. The summed E-state index contributed by atoms with van der Waals surface area (Å²) in [6.45, 7) is -0.667. The average Bonchev–Trinajstić information content (AvgIpc) is 2.79. The standard InChI is InChI=1S/C13H13FN2O3/c1-16-10(6-9(15-16)13(17)18)12-8(7-14)4-3-5-11(12)19-2/h3-6H,7H2,1-2H3,(H,17,18). The first-order valence-electron chi connectivity index (χ1n) is 5.58. The molecule has 0 aliphatic heterocycles. The second-order valence-corrected chi connectivity index (χ2v) is 3.97. The number of aromatic carboxylic acids is 1. The van der Waals surface area contributed by atoms with Gasteiger partial charge in [0.1, 0.15) is 12.4 Å². The van der Waals surface area contributed by atoms with E-state index in [4.69, 9.17) is 9.84 Å². The predicted molar refractivity (Wildman–Crippen MR) is 67.0 cm³/mol. The molecular weight excluding hydrogens is 251 g/mol. The Morgan fingerprint density at radius 2 is 2.26 bits per heavy atom. The fourth-order valence-electron chi connectivity index (χ4n) is 1.95. The van der Waals surface area contributed by atoms with Gasteiger partial charge in [-0.3, -0.25) is 4.68 Å². The van der Waals surface area contributed by atoms with Gasteiger partial charge < -0.3 is 9.84 Å². The minimum Gasteiger partial charge on any atom is -0.496 e. The van der Waals surface area contributed by atoms with Crippen molar-refractivity contribution in [1.29, 1.82) is 0 Å². The fourth-order valence-corrected chi connectivity index (χ4v) is 1.95. The van der Waals surface area contributed by atoms with Crippen LogP contribution in [0.5, 0.6) is 5.75 Å². The lowest BCUT2D eigenvalue weighted by Gasteiger charge is -2.12. The maximum atomic E-state index is 13.1. The number of nitrogens with zero attached hydrogens (tertiary/aromatic N) is 2. The van der Waals surface area contributed by atoms with Gasteiger partial charge in [-0.1, -0.05) is 12.1 Å². The number of alkyl halides is 1. The number of hydrogen-bond acceptors (Lipinski definition) is 3. The summed E-state index contributed by atoms with van der Waals surface area (Å²) in [7, 11) is 3.09. The van der Waals surface area contributed by atoms with Crippen LogP contribution in [-0.4, -0.2) is 28.0 Å². The lowest BCUT2D eigenvalue weighted by atomic mass is 10.0. The summed E-state index contributed by atoms with van der Waals surface area (Å²) >= 11 is 0. The Morgan fingerprint density at radius 1 is 1.53 bits per heavy atom. The average molecular weight is 264 g/mol. The summed E-state index contributed by atoms with van der Waals surface area (Å²) in [6.07, 6.45) is 0. The van der Waals surface area contributed by atoms with Crippen molar-refractivity contribution in [3.63, 3.8) is 0 Å². The zero-order valence-electron chi connectivity index (χ0n) is 10.6. The summed E-state index contributed by atoms with van der Waals surface area (Å²) in [5.74, 6) is -0.645. The third-order valence-electron chi connectivity index (χ3n) is 2.83. The number of carbonyl (C=O) groups is 1. The van der Waals surface area contributed by atoms with Crippen LogP contribution >= 0.6 is 0 Å². The highest BCUT2D eigenvalue weighted by Crippen LogP contribution is 2.34. The molecule has 5 nitrogen and oxygen atoms in total. The summed E-state index contributed by atoms with van der Waals surface area (Å²) in [5, 5.41) is 12.8. The minimum atomic E-state index is -1.13. The predicted octanol–water partition coefficient (Wildman–Crippen LogP) is 2.26. The first kappa shape index (κ1) is 13.1. The van der Waals surface area contributed by atoms with E-state index in [-0.39, 0.29) is 5.69 Å². The Morgan fingerprint density at radius 3 is 2.79 bits per heavy atom. The van der Waals surface area contributed by atoms with E-state index in [0.717, 1.165) is 0 Å². The molecule has 0 saturated carbocycles. The monoisotopic (exact) mass is 264 g/mol. The van der Waals surface area contributed by atoms with Crippen LogP contribution in [0.3, 0.4) is 0 Å². The van der Waals surface area contributed by atoms with Crippen LogP contribution in [0, 0.1) is 0 Å². The number of halogens is 1. The molecule has 0 radical (unpaired) electrons. The van der Waals surface area contributed by atoms with E-state index >= 15 is 0 Å². The maximum Gasteiger partial charge on any atom is 0.356 e. The van der Waals surface area contributed by atoms with Gasteiger partial charge >= 0.3 is 5.97 Å². The zero-order chi connectivity index (χ0) is 14.0. The van der Waals surface area contributed by atoms with Crippen LogP contribution in [0.15, 0.2) is 24.3 Å². The molecule has 0 bridgehead atoms. The molecule has 1 heterocycles. The number of rotatable bonds is 4. The number of hydrogen-bond donors (Lipinski definition) is 1. The van der Waals surface area contributed by atoms with Crippen LogP contribution in [0.25, 0.3) is 11.3 Å². The van der Waals surface area contributed by atoms with Gasteiger partial charge in [-0.05, 0) is 17.7 Å². The molecule has 100 valence electrons. The van der Waals surface area contributed by atoms with Gasteiger partial charge in [-0.25, -0.2) is 9.18 Å². The van der Waals surface area contributed by atoms with Gasteiger partial charge in [0.25, 0.3) is 0 Å². The molecule has 2 rings (SSSR count). The SMILES string of the molecule is COc1cccc(CF)c1-c1cc(C(=O)O)nn1C. The number of benzene rings is 1. The quantitative estimate of drug-likeness (QED) is 0.920. The fraction of sp³-hybridized carbons (Fsp3) is 0.231. The van der Waals surface area contributed by atoms with E-state index < -0.39 is 12.6 Å². The van der Waals surface area contributed by atoms with Crippen LogP contribution in [0.4, 0.5) is 4.39 Å². The Bertz CT molecular complexity index is 600. The van der Waals surface area contributed by atoms with Crippen LogP contribution in [0.1, 0.15) is 16.1 Å². The molecule has 0 aliphatic carbocycles. The minimum absolute atomic E-state index is 0.0896. The van der Waals surface area contributed by atoms with E-state index in [2.05, 4.69) is 5.10 Å². The van der Waals surface area contributed by atoms with Crippen molar-refractivity contribution in [2.24, 2.45) is 7.05 Å². The molecule has 1 aromatic heterocycles. The highest BCUT2D eigenvalue weighted by atomic mass is 19.1. The Labute approximate surface area is 109 Å². The number of methoxy groups -OCH3 is 1. The van der Waals surface area contributed by atoms with Gasteiger partial charge in [0.15, 0.2) is 5.69 Å². The summed E-state index contributed by atoms with van der Waals surface area (Å²) in [6, 6.07) is 6.41. The second-order valence-electron chi connectivity index (χ2n) is 3.97. The molecule has 6 heteroatoms. The molecular formula is C13H13FN2O3. The van der Waals surface area contributed by atoms with Crippen LogP contribution < -0.4 is 4.74 Å². The molecule has 19 heavy (non-hydrogen) atoms. The van der Waals surface area contributed by atoms with Crippen molar-refractivity contribution in [2.45, 2.75) is 6.67 Å². The Kier molecular flexibility index (Phi) is 3.50. The van der Waals surface area contributed by atoms with E-state index in [9.17, 15) is 9.18 Å². The molecule has 0 saturated heterocycles. The number of aryl methyl sites for hydroxylation is 1. The van der Waals surface area contributed by atoms with Crippen molar-refractivity contribution >= 4 is 5.97 Å². The smallest absolute Gasteiger partial charge is 0.356 e. The first-order chi connectivity index (χ1) is 9.08. The zero-order valence-corrected chi connectivity index (χ0v) is 10.6. The lowest BCUT2D eigenvalue weighted by molar-refractivity contribution is 0.0689. The molecule has 0 atom stereocenters. The largest absolute Gasteiger partial charge is 0.496 e. The summed E-state index contributed by atoms with van der Waals surface area (Å²) < 4.78 is 19.7. The van der Waals surface area contributed by atoms with Crippen molar-refractivity contribution < 1.29 is 19.0 Å². The van der Waals surface area contributed by atoms with Gasteiger partial charge in [0, 0.05) is 12.6 Å². The Balaban J connectivity index is 2.67. The number of carboxylic acids is 1. The molecule has 1 N–H and O–H groups in total.